The second kappa shape index (κ2) is 7.70. The van der Waals surface area contributed by atoms with Crippen LogP contribution in [0, 0.1) is 0 Å². The summed E-state index contributed by atoms with van der Waals surface area (Å²) in [5.41, 5.74) is 3.63. The monoisotopic (exact) mass is 320 g/mol. The molecule has 4 nitrogen and oxygen atoms in total. The zero-order valence-electron chi connectivity index (χ0n) is 13.7. The van der Waals surface area contributed by atoms with Crippen molar-refractivity contribution < 1.29 is 9.53 Å². The molecule has 0 atom stereocenters. The first kappa shape index (κ1) is 16.1. The highest BCUT2D eigenvalue weighted by atomic mass is 16.5. The molecule has 0 unspecified atom stereocenters. The van der Waals surface area contributed by atoms with E-state index in [2.05, 4.69) is 10.3 Å². The van der Waals surface area contributed by atoms with E-state index in [-0.39, 0.29) is 5.91 Å². The van der Waals surface area contributed by atoms with Crippen molar-refractivity contribution in [1.82, 2.24) is 10.3 Å². The summed E-state index contributed by atoms with van der Waals surface area (Å²) < 4.78 is 5.49. The number of aromatic nitrogens is 1. The summed E-state index contributed by atoms with van der Waals surface area (Å²) >= 11 is 0. The SMILES string of the molecule is CCOCc1ccccc1CNC(=O)c1cccc2ncccc12. The largest absolute Gasteiger partial charge is 0.377 e. The van der Waals surface area contributed by atoms with E-state index in [1.807, 2.05) is 61.5 Å². The quantitative estimate of drug-likeness (QED) is 0.753. The number of hydrogen-bond acceptors (Lipinski definition) is 3. The topological polar surface area (TPSA) is 51.2 Å². The van der Waals surface area contributed by atoms with Crippen LogP contribution in [0.15, 0.2) is 60.8 Å². The van der Waals surface area contributed by atoms with Crippen molar-refractivity contribution in [3.05, 3.63) is 77.5 Å². The molecule has 0 saturated heterocycles. The minimum atomic E-state index is -0.0974. The lowest BCUT2D eigenvalue weighted by molar-refractivity contribution is 0.0951. The highest BCUT2D eigenvalue weighted by Gasteiger charge is 2.10. The van der Waals surface area contributed by atoms with Crippen LogP contribution in [0.25, 0.3) is 10.9 Å². The van der Waals surface area contributed by atoms with Gasteiger partial charge in [-0.1, -0.05) is 36.4 Å². The Balaban J connectivity index is 1.76. The van der Waals surface area contributed by atoms with E-state index in [9.17, 15) is 4.79 Å². The summed E-state index contributed by atoms with van der Waals surface area (Å²) in [4.78, 5) is 16.9. The Morgan fingerprint density at radius 1 is 1.04 bits per heavy atom. The summed E-state index contributed by atoms with van der Waals surface area (Å²) in [6, 6.07) is 17.3. The smallest absolute Gasteiger partial charge is 0.252 e. The number of ether oxygens (including phenoxy) is 1. The molecule has 1 N–H and O–H groups in total. The summed E-state index contributed by atoms with van der Waals surface area (Å²) in [7, 11) is 0. The summed E-state index contributed by atoms with van der Waals surface area (Å²) in [5.74, 6) is -0.0974. The van der Waals surface area contributed by atoms with Gasteiger partial charge in [0.15, 0.2) is 0 Å². The van der Waals surface area contributed by atoms with Gasteiger partial charge >= 0.3 is 0 Å². The van der Waals surface area contributed by atoms with Gasteiger partial charge in [-0.3, -0.25) is 9.78 Å². The number of carbonyl (C=O) groups excluding carboxylic acids is 1. The van der Waals surface area contributed by atoms with Gasteiger partial charge in [0, 0.05) is 30.3 Å². The highest BCUT2D eigenvalue weighted by molar-refractivity contribution is 6.06. The molecule has 1 amide bonds. The van der Waals surface area contributed by atoms with E-state index in [0.29, 0.717) is 25.3 Å². The van der Waals surface area contributed by atoms with Crippen LogP contribution in [-0.2, 0) is 17.9 Å². The Hall–Kier alpha value is -2.72. The molecular weight excluding hydrogens is 300 g/mol. The molecule has 0 fully saturated rings. The fraction of sp³-hybridized carbons (Fsp3) is 0.200. The average molecular weight is 320 g/mol. The Labute approximate surface area is 141 Å². The molecule has 122 valence electrons. The fourth-order valence-corrected chi connectivity index (χ4v) is 2.65. The minimum Gasteiger partial charge on any atom is -0.377 e. The van der Waals surface area contributed by atoms with Gasteiger partial charge in [0.1, 0.15) is 0 Å². The van der Waals surface area contributed by atoms with Gasteiger partial charge in [-0.2, -0.15) is 0 Å². The molecule has 0 aliphatic heterocycles. The molecule has 0 bridgehead atoms. The molecule has 0 aliphatic rings. The zero-order chi connectivity index (χ0) is 16.8. The van der Waals surface area contributed by atoms with Crippen molar-refractivity contribution in [1.29, 1.82) is 0 Å². The standard InChI is InChI=1S/C20H20N2O2/c1-2-24-14-16-8-4-3-7-15(16)13-22-20(23)18-9-5-11-19-17(18)10-6-12-21-19/h3-12H,2,13-14H2,1H3,(H,22,23). The lowest BCUT2D eigenvalue weighted by atomic mass is 10.1. The first-order valence-electron chi connectivity index (χ1n) is 8.06. The van der Waals surface area contributed by atoms with Crippen molar-refractivity contribution in [3.8, 4) is 0 Å². The number of rotatable bonds is 6. The number of hydrogen-bond donors (Lipinski definition) is 1. The molecule has 0 radical (unpaired) electrons. The number of fused-ring (bicyclic) bond motifs is 1. The molecular formula is C20H20N2O2. The molecule has 2 aromatic carbocycles. The van der Waals surface area contributed by atoms with Crippen molar-refractivity contribution in [2.24, 2.45) is 0 Å². The molecule has 3 rings (SSSR count). The Morgan fingerprint density at radius 3 is 2.71 bits per heavy atom. The average Bonchev–Trinajstić information content (AvgIpc) is 2.64. The van der Waals surface area contributed by atoms with Crippen LogP contribution in [0.4, 0.5) is 0 Å². The van der Waals surface area contributed by atoms with Gasteiger partial charge in [-0.05, 0) is 36.2 Å². The van der Waals surface area contributed by atoms with Crippen molar-refractivity contribution in [2.75, 3.05) is 6.61 Å². The van der Waals surface area contributed by atoms with Crippen molar-refractivity contribution >= 4 is 16.8 Å². The van der Waals surface area contributed by atoms with Gasteiger partial charge < -0.3 is 10.1 Å². The third-order valence-corrected chi connectivity index (χ3v) is 3.91. The van der Waals surface area contributed by atoms with Gasteiger partial charge in [0.05, 0.1) is 12.1 Å². The first-order valence-corrected chi connectivity index (χ1v) is 8.06. The normalized spacial score (nSPS) is 10.7. The van der Waals surface area contributed by atoms with E-state index < -0.39 is 0 Å². The lowest BCUT2D eigenvalue weighted by Crippen LogP contribution is -2.23. The summed E-state index contributed by atoms with van der Waals surface area (Å²) in [6.07, 6.45) is 1.73. The molecule has 4 heteroatoms. The predicted molar refractivity (Wildman–Crippen MR) is 94.7 cm³/mol. The van der Waals surface area contributed by atoms with Gasteiger partial charge in [0.25, 0.3) is 5.91 Å². The number of benzene rings is 2. The molecule has 3 aromatic rings. The van der Waals surface area contributed by atoms with E-state index in [0.717, 1.165) is 22.0 Å². The second-order valence-electron chi connectivity index (χ2n) is 5.46. The summed E-state index contributed by atoms with van der Waals surface area (Å²) in [6.45, 7) is 3.67. The molecule has 0 spiro atoms. The van der Waals surface area contributed by atoms with Crippen LogP contribution < -0.4 is 5.32 Å². The maximum atomic E-state index is 12.6. The van der Waals surface area contributed by atoms with Crippen LogP contribution in [0.3, 0.4) is 0 Å². The third kappa shape index (κ3) is 3.60. The fourth-order valence-electron chi connectivity index (χ4n) is 2.65. The first-order chi connectivity index (χ1) is 11.8. The zero-order valence-corrected chi connectivity index (χ0v) is 13.7. The highest BCUT2D eigenvalue weighted by Crippen LogP contribution is 2.17. The van der Waals surface area contributed by atoms with E-state index in [1.165, 1.54) is 0 Å². The van der Waals surface area contributed by atoms with Crippen LogP contribution >= 0.6 is 0 Å². The van der Waals surface area contributed by atoms with Crippen LogP contribution in [-0.4, -0.2) is 17.5 Å². The number of nitrogens with zero attached hydrogens (tertiary/aromatic N) is 1. The molecule has 0 saturated carbocycles. The van der Waals surface area contributed by atoms with Crippen LogP contribution in [0.5, 0.6) is 0 Å². The Bertz CT molecular complexity index is 840. The number of nitrogens with one attached hydrogen (secondary N) is 1. The maximum Gasteiger partial charge on any atom is 0.252 e. The minimum absolute atomic E-state index is 0.0974. The van der Waals surface area contributed by atoms with E-state index >= 15 is 0 Å². The number of carbonyl (C=O) groups is 1. The number of amides is 1. The van der Waals surface area contributed by atoms with E-state index in [4.69, 9.17) is 4.74 Å². The molecule has 1 aromatic heterocycles. The van der Waals surface area contributed by atoms with Crippen LogP contribution in [0.1, 0.15) is 28.4 Å². The lowest BCUT2D eigenvalue weighted by Gasteiger charge is -2.11. The molecule has 24 heavy (non-hydrogen) atoms. The Morgan fingerprint density at radius 2 is 1.88 bits per heavy atom. The van der Waals surface area contributed by atoms with Gasteiger partial charge in [-0.15, -0.1) is 0 Å². The predicted octanol–water partition coefficient (Wildman–Crippen LogP) is 3.70. The molecule has 1 heterocycles. The molecule has 0 aliphatic carbocycles. The maximum absolute atomic E-state index is 12.6. The van der Waals surface area contributed by atoms with Crippen molar-refractivity contribution in [3.63, 3.8) is 0 Å². The third-order valence-electron chi connectivity index (χ3n) is 3.91. The van der Waals surface area contributed by atoms with Crippen molar-refractivity contribution in [2.45, 2.75) is 20.1 Å². The van der Waals surface area contributed by atoms with Crippen LogP contribution in [0.2, 0.25) is 0 Å². The van der Waals surface area contributed by atoms with Gasteiger partial charge in [0.2, 0.25) is 0 Å². The van der Waals surface area contributed by atoms with Gasteiger partial charge in [-0.25, -0.2) is 0 Å². The Kier molecular flexibility index (Phi) is 5.18. The van der Waals surface area contributed by atoms with E-state index in [1.54, 1.807) is 6.20 Å². The second-order valence-corrected chi connectivity index (χ2v) is 5.46. The number of pyridine rings is 1. The summed E-state index contributed by atoms with van der Waals surface area (Å²) in [5, 5.41) is 3.86.